The number of phosphoric ester groups is 2. The molecule has 0 bridgehead atoms. The molecule has 0 fully saturated rings. The van der Waals surface area contributed by atoms with Gasteiger partial charge in [-0.1, -0.05) is 265 Å². The van der Waals surface area contributed by atoms with E-state index in [1.165, 1.54) is 109 Å². The second-order valence-corrected chi connectivity index (χ2v) is 28.3. The van der Waals surface area contributed by atoms with Gasteiger partial charge in [-0.2, -0.15) is 0 Å². The predicted molar refractivity (Wildman–Crippen MR) is 354 cm³/mol. The van der Waals surface area contributed by atoms with Gasteiger partial charge < -0.3 is 33.8 Å². The number of phosphoric acid groups is 2. The molecule has 17 nitrogen and oxygen atoms in total. The second-order valence-electron chi connectivity index (χ2n) is 25.4. The van der Waals surface area contributed by atoms with Crippen molar-refractivity contribution >= 4 is 39.5 Å². The molecule has 0 amide bonds. The minimum absolute atomic E-state index is 0.0842. The van der Waals surface area contributed by atoms with E-state index >= 15 is 0 Å². The maximum Gasteiger partial charge on any atom is 0.472 e. The third-order valence-electron chi connectivity index (χ3n) is 15.6. The third-order valence-corrected chi connectivity index (χ3v) is 17.5. The molecule has 0 radical (unpaired) electrons. The zero-order chi connectivity index (χ0) is 65.2. The minimum atomic E-state index is -4.96. The monoisotopic (exact) mass is 1290 g/mol. The van der Waals surface area contributed by atoms with E-state index in [2.05, 4.69) is 72.8 Å². The molecule has 3 unspecified atom stereocenters. The molecule has 6 atom stereocenters. The summed E-state index contributed by atoms with van der Waals surface area (Å²) >= 11 is 0. The average Bonchev–Trinajstić information content (AvgIpc) is 3.54. The molecular weight excluding hydrogens is 1160 g/mol. The predicted octanol–water partition coefficient (Wildman–Crippen LogP) is 19.0. The Morgan fingerprint density at radius 3 is 1.01 bits per heavy atom. The highest BCUT2D eigenvalue weighted by Crippen LogP contribution is 2.45. The Balaban J connectivity index is 5.29. The summed E-state index contributed by atoms with van der Waals surface area (Å²) < 4.78 is 68.1. The number of ether oxygens (including phenoxy) is 4. The minimum Gasteiger partial charge on any atom is -0.462 e. The Morgan fingerprint density at radius 1 is 0.375 bits per heavy atom. The summed E-state index contributed by atoms with van der Waals surface area (Å²) in [5.41, 5.74) is 0. The first kappa shape index (κ1) is 85.5. The van der Waals surface area contributed by atoms with Crippen LogP contribution in [0.25, 0.3) is 0 Å². The van der Waals surface area contributed by atoms with Crippen LogP contribution >= 0.6 is 15.6 Å². The van der Waals surface area contributed by atoms with Crippen molar-refractivity contribution in [3.8, 4) is 0 Å². The van der Waals surface area contributed by atoms with E-state index in [-0.39, 0.29) is 25.7 Å². The quantitative estimate of drug-likeness (QED) is 0.0169. The Kier molecular flexibility index (Phi) is 57.9. The molecule has 0 aromatic carbocycles. The highest BCUT2D eigenvalue weighted by atomic mass is 31.2. The van der Waals surface area contributed by atoms with E-state index in [4.69, 9.17) is 37.0 Å². The highest BCUT2D eigenvalue weighted by molar-refractivity contribution is 7.47. The van der Waals surface area contributed by atoms with Gasteiger partial charge in [0.25, 0.3) is 0 Å². The van der Waals surface area contributed by atoms with Crippen LogP contribution in [-0.2, 0) is 65.4 Å². The standard InChI is InChI=1S/C69H130O17P2/c1-8-10-11-12-13-14-15-16-17-18-21-25-28-38-45-52-68(73)85-64(56-79-66(71)50-43-36-27-24-22-19-20-23-26-33-40-47-60(3)4)58-83-87(75,76)81-54-63(70)55-82-88(77,78)84-59-65(57-80-67(72)51-44-37-31-29-34-41-48-61(5)6)86-69(74)53-46-39-32-30-35-42-49-62(7)9-2/h14-17,60-65,70H,8-13,18-59H2,1-7H3,(H,75,76)(H,77,78)/b15-14-,17-16-/t62?,63-,64-,65-/m1/s1. The Labute approximate surface area is 535 Å². The van der Waals surface area contributed by atoms with E-state index in [1.807, 2.05) is 0 Å². The van der Waals surface area contributed by atoms with Crippen LogP contribution in [0, 0.1) is 17.8 Å². The second kappa shape index (κ2) is 59.5. The van der Waals surface area contributed by atoms with Crippen molar-refractivity contribution in [3.63, 3.8) is 0 Å². The Morgan fingerprint density at radius 2 is 0.670 bits per heavy atom. The van der Waals surface area contributed by atoms with Gasteiger partial charge in [0.05, 0.1) is 26.4 Å². The zero-order valence-corrected chi connectivity index (χ0v) is 58.5. The number of aliphatic hydroxyl groups excluding tert-OH is 1. The molecule has 0 heterocycles. The fraction of sp³-hybridized carbons (Fsp3) is 0.884. The van der Waals surface area contributed by atoms with Gasteiger partial charge in [-0.3, -0.25) is 37.3 Å². The molecule has 518 valence electrons. The van der Waals surface area contributed by atoms with Crippen LogP contribution < -0.4 is 0 Å². The number of hydrogen-bond acceptors (Lipinski definition) is 15. The lowest BCUT2D eigenvalue weighted by atomic mass is 10.00. The molecule has 0 saturated heterocycles. The van der Waals surface area contributed by atoms with E-state index in [0.29, 0.717) is 31.6 Å². The van der Waals surface area contributed by atoms with Gasteiger partial charge in [0, 0.05) is 25.7 Å². The van der Waals surface area contributed by atoms with Crippen molar-refractivity contribution in [1.82, 2.24) is 0 Å². The molecular formula is C69H130O17P2. The van der Waals surface area contributed by atoms with Crippen LogP contribution in [0.3, 0.4) is 0 Å². The van der Waals surface area contributed by atoms with Crippen LogP contribution in [0.15, 0.2) is 24.3 Å². The molecule has 88 heavy (non-hydrogen) atoms. The Hall–Kier alpha value is -2.46. The lowest BCUT2D eigenvalue weighted by molar-refractivity contribution is -0.161. The Bertz CT molecular complexity index is 1830. The van der Waals surface area contributed by atoms with Gasteiger partial charge in [0.2, 0.25) is 0 Å². The fourth-order valence-electron chi connectivity index (χ4n) is 9.79. The van der Waals surface area contributed by atoms with Crippen molar-refractivity contribution in [2.24, 2.45) is 17.8 Å². The number of allylic oxidation sites excluding steroid dienone is 4. The summed E-state index contributed by atoms with van der Waals surface area (Å²) in [7, 11) is -9.91. The number of aliphatic hydroxyl groups is 1. The molecule has 19 heteroatoms. The molecule has 0 rings (SSSR count). The van der Waals surface area contributed by atoms with Gasteiger partial charge >= 0.3 is 39.5 Å². The number of carbonyl (C=O) groups is 4. The molecule has 0 aliphatic rings. The number of unbranched alkanes of at least 4 members (excludes halogenated alkanes) is 29. The molecule has 0 aromatic rings. The van der Waals surface area contributed by atoms with Crippen molar-refractivity contribution in [1.29, 1.82) is 0 Å². The molecule has 0 saturated carbocycles. The molecule has 3 N–H and O–H groups in total. The largest absolute Gasteiger partial charge is 0.472 e. The van der Waals surface area contributed by atoms with Crippen LogP contribution in [0.1, 0.15) is 318 Å². The zero-order valence-electron chi connectivity index (χ0n) is 56.7. The van der Waals surface area contributed by atoms with Crippen LogP contribution in [-0.4, -0.2) is 96.7 Å². The number of esters is 4. The van der Waals surface area contributed by atoms with E-state index in [9.17, 15) is 43.2 Å². The lowest BCUT2D eigenvalue weighted by Crippen LogP contribution is -2.30. The maximum atomic E-state index is 13.0. The summed E-state index contributed by atoms with van der Waals surface area (Å²) in [5, 5.41) is 10.6. The summed E-state index contributed by atoms with van der Waals surface area (Å²) in [6.07, 6.45) is 45.5. The molecule has 0 aromatic heterocycles. The van der Waals surface area contributed by atoms with Gasteiger partial charge in [-0.25, -0.2) is 9.13 Å². The smallest absolute Gasteiger partial charge is 0.462 e. The number of rotatable bonds is 65. The van der Waals surface area contributed by atoms with E-state index in [0.717, 1.165) is 121 Å². The summed E-state index contributed by atoms with van der Waals surface area (Å²) in [4.78, 5) is 72.4. The lowest BCUT2D eigenvalue weighted by Gasteiger charge is -2.21. The number of carbonyl (C=O) groups excluding carboxylic acids is 4. The van der Waals surface area contributed by atoms with E-state index in [1.54, 1.807) is 0 Å². The van der Waals surface area contributed by atoms with Gasteiger partial charge in [0.15, 0.2) is 12.2 Å². The van der Waals surface area contributed by atoms with Crippen molar-refractivity contribution < 1.29 is 80.2 Å². The van der Waals surface area contributed by atoms with Crippen molar-refractivity contribution in [2.75, 3.05) is 39.6 Å². The molecule has 0 spiro atoms. The molecule has 0 aliphatic carbocycles. The molecule has 0 aliphatic heterocycles. The first-order chi connectivity index (χ1) is 42.3. The normalized spacial score (nSPS) is 14.7. The van der Waals surface area contributed by atoms with Gasteiger partial charge in [-0.15, -0.1) is 0 Å². The third kappa shape index (κ3) is 61.1. The first-order valence-electron chi connectivity index (χ1n) is 35.2. The fourth-order valence-corrected chi connectivity index (χ4v) is 11.4. The summed E-state index contributed by atoms with van der Waals surface area (Å²) in [6.45, 7) is 11.6. The van der Waals surface area contributed by atoms with Crippen LogP contribution in [0.4, 0.5) is 0 Å². The van der Waals surface area contributed by atoms with Gasteiger partial charge in [-0.05, 0) is 69.1 Å². The first-order valence-corrected chi connectivity index (χ1v) is 38.2. The SMILES string of the molecule is CCCCCC/C=C\C=C/CCCCCCCC(=O)O[C@H](COC(=O)CCCCCCCCCCCCCC(C)C)COP(=O)(O)OC[C@@H](O)COP(=O)(O)OC[C@@H](COC(=O)CCCCCCCCC(C)C)OC(=O)CCCCCCCCC(C)CC. The van der Waals surface area contributed by atoms with Crippen LogP contribution in [0.2, 0.25) is 0 Å². The maximum absolute atomic E-state index is 13.0. The number of hydrogen-bond donors (Lipinski definition) is 3. The summed E-state index contributed by atoms with van der Waals surface area (Å²) in [6, 6.07) is 0. The summed E-state index contributed by atoms with van der Waals surface area (Å²) in [5.74, 6) is 0.00119. The average molecular weight is 1290 g/mol. The van der Waals surface area contributed by atoms with Crippen LogP contribution in [0.5, 0.6) is 0 Å². The van der Waals surface area contributed by atoms with Crippen molar-refractivity contribution in [2.45, 2.75) is 336 Å². The van der Waals surface area contributed by atoms with E-state index < -0.39 is 97.5 Å². The van der Waals surface area contributed by atoms with Crippen molar-refractivity contribution in [3.05, 3.63) is 24.3 Å². The van der Waals surface area contributed by atoms with Gasteiger partial charge in [0.1, 0.15) is 19.3 Å². The topological polar surface area (TPSA) is 237 Å². The highest BCUT2D eigenvalue weighted by Gasteiger charge is 2.30.